The Balaban J connectivity index is 1.51. The van der Waals surface area contributed by atoms with Crippen LogP contribution in [0, 0.1) is 17.5 Å². The summed E-state index contributed by atoms with van der Waals surface area (Å²) < 4.78 is 54.8. The second kappa shape index (κ2) is 9.04. The Hall–Kier alpha value is -2.95. The standard InChI is InChI=1S/C26H25F3O2/c1-3-5-6-7-16-8-10-17(11-9-16)15-31-21-14-19-18-12-13-20(30-4-2)24(27)22(18)23(19)26(29)25(21)28/h8-14H,3-7,15H2,1-2H3. The van der Waals surface area contributed by atoms with E-state index in [1.807, 2.05) is 24.3 Å². The van der Waals surface area contributed by atoms with E-state index in [0.29, 0.717) is 11.1 Å². The molecule has 0 fully saturated rings. The van der Waals surface area contributed by atoms with E-state index in [2.05, 4.69) is 6.92 Å². The first kappa shape index (κ1) is 21.3. The molecule has 1 aliphatic carbocycles. The first-order valence-electron chi connectivity index (χ1n) is 10.7. The molecule has 0 radical (unpaired) electrons. The molecule has 5 heteroatoms. The molecule has 0 saturated heterocycles. The predicted molar refractivity (Wildman–Crippen MR) is 116 cm³/mol. The van der Waals surface area contributed by atoms with Crippen molar-refractivity contribution in [3.8, 4) is 33.8 Å². The number of unbranched alkanes of at least 4 members (excludes halogenated alkanes) is 2. The molecule has 3 aromatic rings. The molecule has 0 aromatic heterocycles. The van der Waals surface area contributed by atoms with Gasteiger partial charge in [0.05, 0.1) is 6.61 Å². The van der Waals surface area contributed by atoms with Crippen LogP contribution in [0.2, 0.25) is 0 Å². The third-order valence-electron chi connectivity index (χ3n) is 5.61. The van der Waals surface area contributed by atoms with Crippen LogP contribution in [0.5, 0.6) is 11.5 Å². The van der Waals surface area contributed by atoms with Crippen LogP contribution >= 0.6 is 0 Å². The topological polar surface area (TPSA) is 18.5 Å². The van der Waals surface area contributed by atoms with Gasteiger partial charge in [0.25, 0.3) is 0 Å². The smallest absolute Gasteiger partial charge is 0.201 e. The second-order valence-corrected chi connectivity index (χ2v) is 7.72. The van der Waals surface area contributed by atoms with Gasteiger partial charge in [0.1, 0.15) is 6.61 Å². The van der Waals surface area contributed by atoms with E-state index < -0.39 is 17.5 Å². The lowest BCUT2D eigenvalue weighted by Crippen LogP contribution is -2.10. The third-order valence-corrected chi connectivity index (χ3v) is 5.61. The van der Waals surface area contributed by atoms with Gasteiger partial charge in [0, 0.05) is 11.1 Å². The van der Waals surface area contributed by atoms with Crippen molar-refractivity contribution in [2.24, 2.45) is 0 Å². The van der Waals surface area contributed by atoms with Crippen molar-refractivity contribution in [3.63, 3.8) is 0 Å². The van der Waals surface area contributed by atoms with Crippen LogP contribution in [-0.4, -0.2) is 6.61 Å². The molecule has 0 heterocycles. The molecular weight excluding hydrogens is 401 g/mol. The Morgan fingerprint density at radius 3 is 2.10 bits per heavy atom. The highest BCUT2D eigenvalue weighted by atomic mass is 19.2. The summed E-state index contributed by atoms with van der Waals surface area (Å²) in [6.45, 7) is 4.31. The number of fused-ring (bicyclic) bond motifs is 4. The summed E-state index contributed by atoms with van der Waals surface area (Å²) in [6.07, 6.45) is 4.56. The number of halogens is 3. The maximum atomic E-state index is 14.7. The Labute approximate surface area is 180 Å². The van der Waals surface area contributed by atoms with Crippen molar-refractivity contribution in [3.05, 3.63) is 71.0 Å². The summed E-state index contributed by atoms with van der Waals surface area (Å²) in [5.74, 6) is -3.02. The Morgan fingerprint density at radius 2 is 1.39 bits per heavy atom. The number of hydrogen-bond donors (Lipinski definition) is 0. The van der Waals surface area contributed by atoms with Crippen LogP contribution in [-0.2, 0) is 13.0 Å². The fourth-order valence-electron chi connectivity index (χ4n) is 3.94. The molecule has 0 saturated carbocycles. The minimum Gasteiger partial charge on any atom is -0.491 e. The van der Waals surface area contributed by atoms with Crippen LogP contribution in [0.15, 0.2) is 42.5 Å². The lowest BCUT2D eigenvalue weighted by atomic mass is 9.79. The number of hydrogen-bond acceptors (Lipinski definition) is 2. The van der Waals surface area contributed by atoms with Crippen LogP contribution < -0.4 is 9.47 Å². The zero-order chi connectivity index (χ0) is 22.0. The maximum Gasteiger partial charge on any atom is 0.201 e. The van der Waals surface area contributed by atoms with Crippen molar-refractivity contribution in [2.45, 2.75) is 46.1 Å². The average molecular weight is 426 g/mol. The molecule has 0 amide bonds. The van der Waals surface area contributed by atoms with Crippen molar-refractivity contribution in [2.75, 3.05) is 6.61 Å². The van der Waals surface area contributed by atoms with Gasteiger partial charge in [-0.05, 0) is 60.2 Å². The molecule has 162 valence electrons. The third kappa shape index (κ3) is 4.01. The SMILES string of the molecule is CCCCCc1ccc(COc2cc3c(c(F)c2F)-c2c-3ccc(OCC)c2F)cc1. The van der Waals surface area contributed by atoms with E-state index in [0.717, 1.165) is 18.4 Å². The van der Waals surface area contributed by atoms with Gasteiger partial charge >= 0.3 is 0 Å². The maximum absolute atomic E-state index is 14.7. The average Bonchev–Trinajstić information content (AvgIpc) is 2.76. The van der Waals surface area contributed by atoms with E-state index in [1.54, 1.807) is 13.0 Å². The number of rotatable bonds is 9. The largest absolute Gasteiger partial charge is 0.491 e. The fourth-order valence-corrected chi connectivity index (χ4v) is 3.94. The molecule has 0 bridgehead atoms. The Morgan fingerprint density at radius 1 is 0.677 bits per heavy atom. The summed E-state index contributed by atoms with van der Waals surface area (Å²) >= 11 is 0. The van der Waals surface area contributed by atoms with E-state index in [9.17, 15) is 13.2 Å². The monoisotopic (exact) mass is 426 g/mol. The van der Waals surface area contributed by atoms with Gasteiger partial charge in [-0.2, -0.15) is 4.39 Å². The van der Waals surface area contributed by atoms with Crippen LogP contribution in [0.1, 0.15) is 44.2 Å². The minimum atomic E-state index is -1.11. The van der Waals surface area contributed by atoms with Gasteiger partial charge in [-0.3, -0.25) is 0 Å². The summed E-state index contributed by atoms with van der Waals surface area (Å²) in [5, 5.41) is 0. The fraction of sp³-hybridized carbons (Fsp3) is 0.308. The van der Waals surface area contributed by atoms with E-state index in [-0.39, 0.29) is 35.8 Å². The molecule has 0 N–H and O–H groups in total. The van der Waals surface area contributed by atoms with Crippen molar-refractivity contribution in [1.29, 1.82) is 0 Å². The number of aryl methyl sites for hydroxylation is 1. The van der Waals surface area contributed by atoms with Gasteiger partial charge in [0.15, 0.2) is 23.1 Å². The van der Waals surface area contributed by atoms with Crippen molar-refractivity contribution < 1.29 is 22.6 Å². The van der Waals surface area contributed by atoms with Crippen LogP contribution in [0.3, 0.4) is 0 Å². The Bertz CT molecular complexity index is 1090. The molecule has 1 aliphatic rings. The zero-order valence-corrected chi connectivity index (χ0v) is 17.7. The highest BCUT2D eigenvalue weighted by Crippen LogP contribution is 2.53. The summed E-state index contributed by atoms with van der Waals surface area (Å²) in [5.41, 5.74) is 3.08. The molecule has 3 aromatic carbocycles. The molecule has 0 atom stereocenters. The molecule has 0 unspecified atom stereocenters. The molecule has 0 spiro atoms. The summed E-state index contributed by atoms with van der Waals surface area (Å²) in [6, 6.07) is 12.6. The molecule has 31 heavy (non-hydrogen) atoms. The zero-order valence-electron chi connectivity index (χ0n) is 17.7. The highest BCUT2D eigenvalue weighted by molar-refractivity contribution is 6.04. The lowest BCUT2D eigenvalue weighted by molar-refractivity contribution is 0.285. The molecule has 4 rings (SSSR count). The first-order valence-corrected chi connectivity index (χ1v) is 10.7. The van der Waals surface area contributed by atoms with Gasteiger partial charge in [-0.1, -0.05) is 44.0 Å². The number of ether oxygens (including phenoxy) is 2. The minimum absolute atomic E-state index is 0.0326. The quantitative estimate of drug-likeness (QED) is 0.259. The van der Waals surface area contributed by atoms with Crippen molar-refractivity contribution in [1.82, 2.24) is 0 Å². The predicted octanol–water partition coefficient (Wildman–Crippen LogP) is 7.46. The van der Waals surface area contributed by atoms with Crippen LogP contribution in [0.4, 0.5) is 13.2 Å². The molecular formula is C26H25F3O2. The molecule has 2 nitrogen and oxygen atoms in total. The normalized spacial score (nSPS) is 11.5. The van der Waals surface area contributed by atoms with E-state index >= 15 is 0 Å². The Kier molecular flexibility index (Phi) is 6.21. The second-order valence-electron chi connectivity index (χ2n) is 7.72. The number of benzene rings is 3. The van der Waals surface area contributed by atoms with Gasteiger partial charge < -0.3 is 9.47 Å². The van der Waals surface area contributed by atoms with E-state index in [4.69, 9.17) is 9.47 Å². The summed E-state index contributed by atoms with van der Waals surface area (Å²) in [4.78, 5) is 0. The van der Waals surface area contributed by atoms with Crippen LogP contribution in [0.25, 0.3) is 22.3 Å². The molecule has 0 aliphatic heterocycles. The van der Waals surface area contributed by atoms with Gasteiger partial charge in [-0.15, -0.1) is 0 Å². The van der Waals surface area contributed by atoms with Gasteiger partial charge in [0.2, 0.25) is 5.82 Å². The highest BCUT2D eigenvalue weighted by Gasteiger charge is 2.34. The van der Waals surface area contributed by atoms with Crippen molar-refractivity contribution >= 4 is 0 Å². The summed E-state index contributed by atoms with van der Waals surface area (Å²) in [7, 11) is 0. The lowest BCUT2D eigenvalue weighted by Gasteiger charge is -2.27. The van der Waals surface area contributed by atoms with E-state index in [1.165, 1.54) is 30.5 Å². The first-order chi connectivity index (χ1) is 15.0. The van der Waals surface area contributed by atoms with Gasteiger partial charge in [-0.25, -0.2) is 8.78 Å².